The SMILES string of the molecule is Cc1ccccc1CC1CC2(C1)CN(C(=O)C1CC(O)C1)C2. The van der Waals surface area contributed by atoms with Gasteiger partial charge in [-0.3, -0.25) is 4.79 Å². The third-order valence-corrected chi connectivity index (χ3v) is 6.04. The molecule has 0 aromatic heterocycles. The standard InChI is InChI=1S/C19H25NO2/c1-13-4-2-3-5-15(13)6-14-9-19(10-14)11-20(12-19)18(22)16-7-17(21)8-16/h2-5,14,16-17,21H,6-12H2,1H3. The van der Waals surface area contributed by atoms with Crippen LogP contribution in [0.15, 0.2) is 24.3 Å². The van der Waals surface area contributed by atoms with Crippen molar-refractivity contribution in [2.45, 2.75) is 45.1 Å². The largest absolute Gasteiger partial charge is 0.393 e. The summed E-state index contributed by atoms with van der Waals surface area (Å²) in [5.74, 6) is 1.19. The number of amides is 1. The van der Waals surface area contributed by atoms with Crippen LogP contribution in [0.2, 0.25) is 0 Å². The molecule has 1 saturated heterocycles. The number of aliphatic hydroxyl groups is 1. The molecule has 0 radical (unpaired) electrons. The number of aliphatic hydroxyl groups excluding tert-OH is 1. The molecule has 22 heavy (non-hydrogen) atoms. The number of likely N-dealkylation sites (tertiary alicyclic amines) is 1. The van der Waals surface area contributed by atoms with Gasteiger partial charge in [0.15, 0.2) is 0 Å². The monoisotopic (exact) mass is 299 g/mol. The summed E-state index contributed by atoms with van der Waals surface area (Å²) in [7, 11) is 0. The molecule has 0 unspecified atom stereocenters. The highest BCUT2D eigenvalue weighted by Gasteiger charge is 2.54. The van der Waals surface area contributed by atoms with E-state index in [0.717, 1.165) is 19.0 Å². The zero-order valence-corrected chi connectivity index (χ0v) is 13.3. The fourth-order valence-corrected chi connectivity index (χ4v) is 4.68. The number of benzene rings is 1. The van der Waals surface area contributed by atoms with E-state index in [2.05, 4.69) is 31.2 Å². The Kier molecular flexibility index (Phi) is 3.30. The van der Waals surface area contributed by atoms with Crippen molar-refractivity contribution in [1.82, 2.24) is 4.90 Å². The third-order valence-electron chi connectivity index (χ3n) is 6.04. The van der Waals surface area contributed by atoms with Gasteiger partial charge in [0, 0.05) is 24.4 Å². The first kappa shape index (κ1) is 14.3. The molecule has 118 valence electrons. The van der Waals surface area contributed by atoms with Gasteiger partial charge in [-0.2, -0.15) is 0 Å². The number of hydrogen-bond donors (Lipinski definition) is 1. The van der Waals surface area contributed by atoms with Crippen molar-refractivity contribution in [3.05, 3.63) is 35.4 Å². The molecule has 2 saturated carbocycles. The summed E-state index contributed by atoms with van der Waals surface area (Å²) >= 11 is 0. The summed E-state index contributed by atoms with van der Waals surface area (Å²) in [4.78, 5) is 14.2. The molecule has 1 heterocycles. The van der Waals surface area contributed by atoms with Crippen molar-refractivity contribution in [3.8, 4) is 0 Å². The first-order chi connectivity index (χ1) is 10.5. The Labute approximate surface area is 132 Å². The molecular weight excluding hydrogens is 274 g/mol. The van der Waals surface area contributed by atoms with Gasteiger partial charge in [-0.25, -0.2) is 0 Å². The zero-order chi connectivity index (χ0) is 15.3. The van der Waals surface area contributed by atoms with Crippen LogP contribution in [0.1, 0.15) is 36.8 Å². The maximum Gasteiger partial charge on any atom is 0.225 e. The lowest BCUT2D eigenvalue weighted by atomic mass is 9.56. The van der Waals surface area contributed by atoms with Gasteiger partial charge < -0.3 is 10.0 Å². The van der Waals surface area contributed by atoms with Crippen LogP contribution in [0, 0.1) is 24.2 Å². The molecule has 1 amide bonds. The number of nitrogens with zero attached hydrogens (tertiary/aromatic N) is 1. The Bertz CT molecular complexity index is 577. The van der Waals surface area contributed by atoms with Gasteiger partial charge in [0.05, 0.1) is 6.10 Å². The lowest BCUT2D eigenvalue weighted by Crippen LogP contribution is -2.65. The van der Waals surface area contributed by atoms with Crippen molar-refractivity contribution < 1.29 is 9.90 Å². The van der Waals surface area contributed by atoms with E-state index >= 15 is 0 Å². The topological polar surface area (TPSA) is 40.5 Å². The van der Waals surface area contributed by atoms with Gasteiger partial charge in [-0.15, -0.1) is 0 Å². The van der Waals surface area contributed by atoms with Gasteiger partial charge in [0.25, 0.3) is 0 Å². The second-order valence-corrected chi connectivity index (χ2v) is 7.92. The fraction of sp³-hybridized carbons (Fsp3) is 0.632. The normalized spacial score (nSPS) is 29.6. The molecule has 1 spiro atoms. The van der Waals surface area contributed by atoms with Gasteiger partial charge in [-0.1, -0.05) is 24.3 Å². The van der Waals surface area contributed by atoms with E-state index in [9.17, 15) is 9.90 Å². The Morgan fingerprint density at radius 2 is 1.95 bits per heavy atom. The molecule has 3 aliphatic rings. The van der Waals surface area contributed by atoms with E-state index in [1.54, 1.807) is 0 Å². The van der Waals surface area contributed by atoms with Crippen molar-refractivity contribution in [1.29, 1.82) is 0 Å². The summed E-state index contributed by atoms with van der Waals surface area (Å²) < 4.78 is 0. The minimum absolute atomic E-state index is 0.107. The van der Waals surface area contributed by atoms with E-state index in [1.165, 1.54) is 30.4 Å². The van der Waals surface area contributed by atoms with Crippen LogP contribution < -0.4 is 0 Å². The minimum atomic E-state index is -0.230. The second kappa shape index (κ2) is 5.09. The Morgan fingerprint density at radius 3 is 2.59 bits per heavy atom. The molecule has 4 rings (SSSR count). The van der Waals surface area contributed by atoms with Crippen LogP contribution in [-0.2, 0) is 11.2 Å². The number of hydrogen-bond acceptors (Lipinski definition) is 2. The molecule has 1 aromatic carbocycles. The van der Waals surface area contributed by atoms with Crippen LogP contribution >= 0.6 is 0 Å². The maximum absolute atomic E-state index is 12.2. The number of carbonyl (C=O) groups excluding carboxylic acids is 1. The number of aryl methyl sites for hydroxylation is 1. The molecule has 1 aromatic rings. The molecule has 3 heteroatoms. The van der Waals surface area contributed by atoms with Gasteiger partial charge in [-0.05, 0) is 56.1 Å². The quantitative estimate of drug-likeness (QED) is 0.932. The first-order valence-electron chi connectivity index (χ1n) is 8.56. The summed E-state index contributed by atoms with van der Waals surface area (Å²) in [6.45, 7) is 4.12. The van der Waals surface area contributed by atoms with Crippen LogP contribution in [0.4, 0.5) is 0 Å². The van der Waals surface area contributed by atoms with Crippen molar-refractivity contribution in [2.24, 2.45) is 17.3 Å². The zero-order valence-electron chi connectivity index (χ0n) is 13.3. The third kappa shape index (κ3) is 2.36. The molecule has 3 fully saturated rings. The summed E-state index contributed by atoms with van der Waals surface area (Å²) in [5.41, 5.74) is 3.32. The minimum Gasteiger partial charge on any atom is -0.393 e. The Balaban J connectivity index is 1.25. The smallest absolute Gasteiger partial charge is 0.225 e. The van der Waals surface area contributed by atoms with E-state index in [4.69, 9.17) is 0 Å². The van der Waals surface area contributed by atoms with Gasteiger partial charge in [0.1, 0.15) is 0 Å². The van der Waals surface area contributed by atoms with Crippen LogP contribution in [-0.4, -0.2) is 35.1 Å². The average molecular weight is 299 g/mol. The molecule has 2 aliphatic carbocycles. The van der Waals surface area contributed by atoms with E-state index < -0.39 is 0 Å². The Hall–Kier alpha value is -1.35. The lowest BCUT2D eigenvalue weighted by molar-refractivity contribution is -0.165. The van der Waals surface area contributed by atoms with E-state index in [-0.39, 0.29) is 12.0 Å². The van der Waals surface area contributed by atoms with Crippen molar-refractivity contribution in [2.75, 3.05) is 13.1 Å². The second-order valence-electron chi connectivity index (χ2n) is 7.92. The maximum atomic E-state index is 12.2. The molecular formula is C19H25NO2. The molecule has 0 bridgehead atoms. The van der Waals surface area contributed by atoms with Crippen molar-refractivity contribution >= 4 is 5.91 Å². The van der Waals surface area contributed by atoms with Gasteiger partial charge >= 0.3 is 0 Å². The average Bonchev–Trinajstić information content (AvgIpc) is 2.37. The van der Waals surface area contributed by atoms with Gasteiger partial charge in [0.2, 0.25) is 5.91 Å². The molecule has 3 nitrogen and oxygen atoms in total. The summed E-state index contributed by atoms with van der Waals surface area (Å²) in [5, 5.41) is 9.33. The molecule has 1 aliphatic heterocycles. The summed E-state index contributed by atoms with van der Waals surface area (Å²) in [6, 6.07) is 8.68. The van der Waals surface area contributed by atoms with Crippen LogP contribution in [0.25, 0.3) is 0 Å². The Morgan fingerprint density at radius 1 is 1.27 bits per heavy atom. The van der Waals surface area contributed by atoms with Crippen LogP contribution in [0.3, 0.4) is 0 Å². The number of carbonyl (C=O) groups is 1. The molecule has 1 N–H and O–H groups in total. The van der Waals surface area contributed by atoms with E-state index in [1.807, 2.05) is 4.90 Å². The first-order valence-corrected chi connectivity index (χ1v) is 8.56. The van der Waals surface area contributed by atoms with E-state index in [0.29, 0.717) is 24.2 Å². The fourth-order valence-electron chi connectivity index (χ4n) is 4.68. The predicted molar refractivity (Wildman–Crippen MR) is 85.4 cm³/mol. The highest BCUT2D eigenvalue weighted by atomic mass is 16.3. The van der Waals surface area contributed by atoms with Crippen LogP contribution in [0.5, 0.6) is 0 Å². The lowest BCUT2D eigenvalue weighted by Gasteiger charge is -2.60. The molecule has 0 atom stereocenters. The van der Waals surface area contributed by atoms with Crippen molar-refractivity contribution in [3.63, 3.8) is 0 Å². The summed E-state index contributed by atoms with van der Waals surface area (Å²) in [6.07, 6.45) is 4.87. The highest BCUT2D eigenvalue weighted by Crippen LogP contribution is 2.53. The highest BCUT2D eigenvalue weighted by molar-refractivity contribution is 5.80. The predicted octanol–water partition coefficient (Wildman–Crippen LogP) is 2.55. The number of rotatable bonds is 3.